The Morgan fingerprint density at radius 2 is 1.73 bits per heavy atom. The first kappa shape index (κ1) is 18.0. The smallest absolute Gasteiger partial charge is 0.265 e. The first-order chi connectivity index (χ1) is 12.7. The number of unbranched alkanes of at least 4 members (excludes halogenated alkanes) is 1. The number of amides is 1. The van der Waals surface area contributed by atoms with Crippen LogP contribution >= 0.6 is 0 Å². The van der Waals surface area contributed by atoms with Gasteiger partial charge in [-0.3, -0.25) is 4.79 Å². The second-order valence-electron chi connectivity index (χ2n) is 6.53. The van der Waals surface area contributed by atoms with Crippen LogP contribution in [-0.2, 0) is 11.2 Å². The molecule has 0 saturated carbocycles. The summed E-state index contributed by atoms with van der Waals surface area (Å²) in [5, 5.41) is 5.04. The maximum Gasteiger partial charge on any atom is 0.265 e. The Hall–Kier alpha value is -2.81. The molecular weight excluding hydrogens is 322 g/mol. The van der Waals surface area contributed by atoms with Crippen molar-refractivity contribution >= 4 is 22.4 Å². The van der Waals surface area contributed by atoms with Gasteiger partial charge in [0.2, 0.25) is 0 Å². The highest BCUT2D eigenvalue weighted by molar-refractivity contribution is 5.95. The van der Waals surface area contributed by atoms with E-state index in [0.717, 1.165) is 28.6 Å². The minimum Gasteiger partial charge on any atom is -0.480 e. The summed E-state index contributed by atoms with van der Waals surface area (Å²) < 4.78 is 5.93. The number of hydrogen-bond acceptors (Lipinski definition) is 2. The van der Waals surface area contributed by atoms with Crippen LogP contribution in [0.1, 0.15) is 32.3 Å². The Balaban J connectivity index is 1.64. The second kappa shape index (κ2) is 8.52. The Morgan fingerprint density at radius 3 is 2.50 bits per heavy atom. The number of nitrogens with one attached hydrogen (secondary N) is 1. The molecule has 26 heavy (non-hydrogen) atoms. The molecule has 0 bridgehead atoms. The highest BCUT2D eigenvalue weighted by Crippen LogP contribution is 2.26. The van der Waals surface area contributed by atoms with Crippen LogP contribution in [0.4, 0.5) is 5.69 Å². The van der Waals surface area contributed by atoms with Gasteiger partial charge in [-0.15, -0.1) is 0 Å². The van der Waals surface area contributed by atoms with Gasteiger partial charge in [0, 0.05) is 11.1 Å². The lowest BCUT2D eigenvalue weighted by Gasteiger charge is -2.16. The molecule has 3 rings (SSSR count). The summed E-state index contributed by atoms with van der Waals surface area (Å²) in [6.07, 6.45) is 2.86. The molecule has 1 atom stereocenters. The van der Waals surface area contributed by atoms with Gasteiger partial charge in [0.1, 0.15) is 5.75 Å². The van der Waals surface area contributed by atoms with Gasteiger partial charge in [-0.25, -0.2) is 0 Å². The highest BCUT2D eigenvalue weighted by atomic mass is 16.5. The number of aryl methyl sites for hydroxylation is 1. The molecule has 0 aliphatic rings. The van der Waals surface area contributed by atoms with E-state index in [4.69, 9.17) is 4.74 Å². The average molecular weight is 347 g/mol. The van der Waals surface area contributed by atoms with Gasteiger partial charge in [-0.1, -0.05) is 61.9 Å². The Kier molecular flexibility index (Phi) is 5.90. The molecule has 3 heteroatoms. The molecule has 0 aliphatic carbocycles. The van der Waals surface area contributed by atoms with Crippen LogP contribution in [-0.4, -0.2) is 12.0 Å². The molecule has 0 unspecified atom stereocenters. The van der Waals surface area contributed by atoms with Gasteiger partial charge in [-0.2, -0.15) is 0 Å². The zero-order valence-corrected chi connectivity index (χ0v) is 15.4. The summed E-state index contributed by atoms with van der Waals surface area (Å²) in [5.74, 6) is 0.569. The fourth-order valence-corrected chi connectivity index (χ4v) is 2.92. The fourth-order valence-electron chi connectivity index (χ4n) is 2.92. The number of carbonyl (C=O) groups is 1. The molecule has 3 nitrogen and oxygen atoms in total. The summed E-state index contributed by atoms with van der Waals surface area (Å²) >= 11 is 0. The molecule has 0 aliphatic heterocycles. The number of anilines is 1. The Bertz CT molecular complexity index is 866. The largest absolute Gasteiger partial charge is 0.480 e. The molecule has 0 saturated heterocycles. The van der Waals surface area contributed by atoms with Gasteiger partial charge in [0.25, 0.3) is 5.91 Å². The number of hydrogen-bond donors (Lipinski definition) is 1. The molecule has 1 N–H and O–H groups in total. The molecule has 3 aromatic rings. The molecule has 0 aromatic heterocycles. The Labute approximate surface area is 155 Å². The Morgan fingerprint density at radius 1 is 1.00 bits per heavy atom. The van der Waals surface area contributed by atoms with Crippen molar-refractivity contribution in [2.75, 3.05) is 5.32 Å². The molecule has 0 spiro atoms. The first-order valence-electron chi connectivity index (χ1n) is 9.21. The normalized spacial score (nSPS) is 11.9. The van der Waals surface area contributed by atoms with Gasteiger partial charge in [0.15, 0.2) is 6.10 Å². The summed E-state index contributed by atoms with van der Waals surface area (Å²) in [6.45, 7) is 3.96. The lowest BCUT2D eigenvalue weighted by Crippen LogP contribution is -2.30. The maximum absolute atomic E-state index is 12.5. The van der Waals surface area contributed by atoms with Crippen molar-refractivity contribution in [3.8, 4) is 5.75 Å². The van der Waals surface area contributed by atoms with Crippen molar-refractivity contribution in [1.29, 1.82) is 0 Å². The topological polar surface area (TPSA) is 38.3 Å². The van der Waals surface area contributed by atoms with E-state index in [1.807, 2.05) is 54.6 Å². The van der Waals surface area contributed by atoms with Crippen molar-refractivity contribution in [2.24, 2.45) is 0 Å². The number of carbonyl (C=O) groups excluding carboxylic acids is 1. The van der Waals surface area contributed by atoms with E-state index in [0.29, 0.717) is 0 Å². The van der Waals surface area contributed by atoms with Crippen molar-refractivity contribution in [3.63, 3.8) is 0 Å². The summed E-state index contributed by atoms with van der Waals surface area (Å²) in [4.78, 5) is 12.5. The average Bonchev–Trinajstić information content (AvgIpc) is 2.67. The summed E-state index contributed by atoms with van der Waals surface area (Å²) in [7, 11) is 0. The minimum atomic E-state index is -0.583. The van der Waals surface area contributed by atoms with E-state index in [2.05, 4.69) is 24.4 Å². The van der Waals surface area contributed by atoms with Gasteiger partial charge in [-0.05, 0) is 48.9 Å². The third-order valence-corrected chi connectivity index (χ3v) is 4.46. The molecular formula is C23H25NO2. The van der Waals surface area contributed by atoms with Crippen LogP contribution in [0.3, 0.4) is 0 Å². The quantitative estimate of drug-likeness (QED) is 0.605. The number of fused-ring (bicyclic) bond motifs is 1. The number of ether oxygens (including phenoxy) is 1. The maximum atomic E-state index is 12.5. The van der Waals surface area contributed by atoms with Crippen LogP contribution in [0.15, 0.2) is 66.7 Å². The van der Waals surface area contributed by atoms with Crippen molar-refractivity contribution in [2.45, 2.75) is 39.2 Å². The van der Waals surface area contributed by atoms with E-state index in [-0.39, 0.29) is 5.91 Å². The van der Waals surface area contributed by atoms with E-state index in [1.54, 1.807) is 6.92 Å². The van der Waals surface area contributed by atoms with Crippen LogP contribution < -0.4 is 10.1 Å². The lowest BCUT2D eigenvalue weighted by atomic mass is 10.1. The zero-order valence-electron chi connectivity index (χ0n) is 15.4. The molecule has 0 heterocycles. The van der Waals surface area contributed by atoms with Crippen LogP contribution in [0.5, 0.6) is 5.75 Å². The van der Waals surface area contributed by atoms with Gasteiger partial charge in [0.05, 0.1) is 0 Å². The molecule has 3 aromatic carbocycles. The molecule has 0 radical (unpaired) electrons. The fraction of sp³-hybridized carbons (Fsp3) is 0.261. The SMILES string of the molecule is CCCCc1ccc(NC(=O)[C@H](C)Oc2cccc3ccccc23)cc1. The first-order valence-corrected chi connectivity index (χ1v) is 9.21. The summed E-state index contributed by atoms with van der Waals surface area (Å²) in [5.41, 5.74) is 2.09. The van der Waals surface area contributed by atoms with E-state index in [1.165, 1.54) is 18.4 Å². The van der Waals surface area contributed by atoms with E-state index >= 15 is 0 Å². The molecule has 1 amide bonds. The van der Waals surface area contributed by atoms with Crippen molar-refractivity contribution in [1.82, 2.24) is 0 Å². The monoisotopic (exact) mass is 347 g/mol. The van der Waals surface area contributed by atoms with E-state index < -0.39 is 6.10 Å². The third kappa shape index (κ3) is 4.42. The lowest BCUT2D eigenvalue weighted by molar-refractivity contribution is -0.122. The zero-order chi connectivity index (χ0) is 18.4. The predicted octanol–water partition coefficient (Wildman–Crippen LogP) is 5.59. The summed E-state index contributed by atoms with van der Waals surface area (Å²) in [6, 6.07) is 21.9. The van der Waals surface area contributed by atoms with Gasteiger partial charge >= 0.3 is 0 Å². The number of rotatable bonds is 7. The van der Waals surface area contributed by atoms with Crippen molar-refractivity contribution in [3.05, 3.63) is 72.3 Å². The molecule has 0 fully saturated rings. The highest BCUT2D eigenvalue weighted by Gasteiger charge is 2.16. The van der Waals surface area contributed by atoms with E-state index in [9.17, 15) is 4.79 Å². The van der Waals surface area contributed by atoms with Gasteiger partial charge < -0.3 is 10.1 Å². The third-order valence-electron chi connectivity index (χ3n) is 4.46. The van der Waals surface area contributed by atoms with Crippen LogP contribution in [0.25, 0.3) is 10.8 Å². The standard InChI is InChI=1S/C23H25NO2/c1-3-4-8-18-13-15-20(16-14-18)24-23(25)17(2)26-22-12-7-10-19-9-5-6-11-21(19)22/h5-7,9-17H,3-4,8H2,1-2H3,(H,24,25)/t17-/m0/s1. The van der Waals surface area contributed by atoms with Crippen LogP contribution in [0.2, 0.25) is 0 Å². The minimum absolute atomic E-state index is 0.153. The second-order valence-corrected chi connectivity index (χ2v) is 6.53. The van der Waals surface area contributed by atoms with Crippen molar-refractivity contribution < 1.29 is 9.53 Å². The number of benzene rings is 3. The van der Waals surface area contributed by atoms with Crippen LogP contribution in [0, 0.1) is 0 Å². The molecule has 134 valence electrons. The predicted molar refractivity (Wildman–Crippen MR) is 108 cm³/mol.